The zero-order valence-corrected chi connectivity index (χ0v) is 13.1. The van der Waals surface area contributed by atoms with E-state index in [-0.39, 0.29) is 17.7 Å². The number of aromatic nitrogens is 1. The Bertz CT molecular complexity index is 728. The number of likely N-dealkylation sites (tertiary alicyclic amines) is 1. The molecule has 0 atom stereocenters. The molecule has 1 aromatic heterocycles. The van der Waals surface area contributed by atoms with Crippen LogP contribution in [0.5, 0.6) is 0 Å². The Kier molecular flexibility index (Phi) is 4.84. The van der Waals surface area contributed by atoms with Crippen LogP contribution in [0.3, 0.4) is 0 Å². The highest BCUT2D eigenvalue weighted by molar-refractivity contribution is 5.95. The minimum atomic E-state index is -0.424. The molecule has 0 spiro atoms. The number of carbonyl (C=O) groups is 2. The summed E-state index contributed by atoms with van der Waals surface area (Å²) in [6.07, 6.45) is 4.42. The molecule has 0 saturated carbocycles. The van der Waals surface area contributed by atoms with Gasteiger partial charge in [-0.3, -0.25) is 14.6 Å². The lowest BCUT2D eigenvalue weighted by Gasteiger charge is -2.31. The van der Waals surface area contributed by atoms with Crippen LogP contribution >= 0.6 is 0 Å². The molecule has 1 aromatic carbocycles. The van der Waals surface area contributed by atoms with Crippen molar-refractivity contribution < 1.29 is 14.0 Å². The summed E-state index contributed by atoms with van der Waals surface area (Å²) >= 11 is 0. The van der Waals surface area contributed by atoms with Crippen LogP contribution in [-0.4, -0.2) is 34.8 Å². The Morgan fingerprint density at radius 2 is 1.96 bits per heavy atom. The summed E-state index contributed by atoms with van der Waals surface area (Å²) in [6, 6.07) is 9.22. The van der Waals surface area contributed by atoms with Gasteiger partial charge in [-0.25, -0.2) is 4.39 Å². The smallest absolute Gasteiger partial charge is 0.253 e. The van der Waals surface area contributed by atoms with Crippen LogP contribution in [0.15, 0.2) is 48.8 Å². The molecule has 1 aliphatic heterocycles. The summed E-state index contributed by atoms with van der Waals surface area (Å²) < 4.78 is 13.2. The predicted octanol–water partition coefficient (Wildman–Crippen LogP) is 2.71. The van der Waals surface area contributed by atoms with Gasteiger partial charge < -0.3 is 10.2 Å². The lowest BCUT2D eigenvalue weighted by Crippen LogP contribution is -2.41. The minimum absolute atomic E-state index is 0.0548. The van der Waals surface area contributed by atoms with E-state index in [1.807, 2.05) is 0 Å². The number of anilines is 1. The van der Waals surface area contributed by atoms with Crippen molar-refractivity contribution in [2.45, 2.75) is 12.8 Å². The average Bonchev–Trinajstić information content (AvgIpc) is 2.62. The minimum Gasteiger partial charge on any atom is -0.339 e. The number of piperidine rings is 1. The molecule has 5 nitrogen and oxygen atoms in total. The van der Waals surface area contributed by atoms with Gasteiger partial charge in [-0.15, -0.1) is 0 Å². The molecule has 2 amide bonds. The molecule has 2 heterocycles. The summed E-state index contributed by atoms with van der Waals surface area (Å²) in [7, 11) is 0. The Balaban J connectivity index is 1.55. The molecule has 0 aliphatic carbocycles. The molecule has 124 valence electrons. The summed E-state index contributed by atoms with van der Waals surface area (Å²) in [5.41, 5.74) is 1.01. The molecule has 0 unspecified atom stereocenters. The van der Waals surface area contributed by atoms with Gasteiger partial charge in [0.1, 0.15) is 5.82 Å². The van der Waals surface area contributed by atoms with E-state index < -0.39 is 5.82 Å². The second kappa shape index (κ2) is 7.21. The van der Waals surface area contributed by atoms with Crippen LogP contribution in [-0.2, 0) is 4.79 Å². The van der Waals surface area contributed by atoms with Crippen LogP contribution in [0.4, 0.5) is 10.1 Å². The number of nitrogens with one attached hydrogen (secondary N) is 1. The van der Waals surface area contributed by atoms with Crippen molar-refractivity contribution >= 4 is 17.5 Å². The molecule has 1 saturated heterocycles. The maximum atomic E-state index is 13.2. The van der Waals surface area contributed by atoms with Crippen LogP contribution < -0.4 is 5.32 Å². The fourth-order valence-electron chi connectivity index (χ4n) is 2.83. The van der Waals surface area contributed by atoms with Crippen LogP contribution in [0, 0.1) is 11.7 Å². The molecular weight excluding hydrogens is 309 g/mol. The van der Waals surface area contributed by atoms with Gasteiger partial charge in [0.25, 0.3) is 5.91 Å². The number of carbonyl (C=O) groups excluding carboxylic acids is 2. The number of benzene rings is 1. The zero-order chi connectivity index (χ0) is 16.9. The van der Waals surface area contributed by atoms with Crippen molar-refractivity contribution in [2.24, 2.45) is 5.92 Å². The first-order chi connectivity index (χ1) is 11.6. The normalized spacial score (nSPS) is 15.1. The second-order valence-electron chi connectivity index (χ2n) is 5.81. The molecular formula is C18H18FN3O2. The van der Waals surface area contributed by atoms with Crippen molar-refractivity contribution in [3.8, 4) is 0 Å². The van der Waals surface area contributed by atoms with Crippen molar-refractivity contribution in [1.29, 1.82) is 0 Å². The van der Waals surface area contributed by atoms with E-state index in [0.29, 0.717) is 37.2 Å². The van der Waals surface area contributed by atoms with E-state index in [4.69, 9.17) is 0 Å². The van der Waals surface area contributed by atoms with Crippen LogP contribution in [0.25, 0.3) is 0 Å². The highest BCUT2D eigenvalue weighted by atomic mass is 19.1. The van der Waals surface area contributed by atoms with Gasteiger partial charge in [-0.2, -0.15) is 0 Å². The number of halogens is 1. The number of pyridine rings is 1. The third-order valence-corrected chi connectivity index (χ3v) is 4.15. The highest BCUT2D eigenvalue weighted by Gasteiger charge is 2.28. The van der Waals surface area contributed by atoms with Gasteiger partial charge in [0.05, 0.1) is 11.9 Å². The van der Waals surface area contributed by atoms with E-state index >= 15 is 0 Å². The molecule has 1 N–H and O–H groups in total. The standard InChI is InChI=1S/C18H18FN3O2/c19-15-4-1-3-14(11-15)18(24)22-9-6-13(7-10-22)17(23)21-16-5-2-8-20-12-16/h1-5,8,11-13H,6-7,9-10H2,(H,21,23). The van der Waals surface area contributed by atoms with Crippen LogP contribution in [0.2, 0.25) is 0 Å². The van der Waals surface area contributed by atoms with Crippen LogP contribution in [0.1, 0.15) is 23.2 Å². The van der Waals surface area contributed by atoms with Crippen molar-refractivity contribution in [1.82, 2.24) is 9.88 Å². The topological polar surface area (TPSA) is 62.3 Å². The quantitative estimate of drug-likeness (QED) is 0.943. The maximum Gasteiger partial charge on any atom is 0.253 e. The van der Waals surface area contributed by atoms with Gasteiger partial charge in [-0.05, 0) is 43.2 Å². The molecule has 1 fully saturated rings. The van der Waals surface area contributed by atoms with Crippen molar-refractivity contribution in [3.05, 3.63) is 60.2 Å². The first kappa shape index (κ1) is 16.1. The summed E-state index contributed by atoms with van der Waals surface area (Å²) in [5, 5.41) is 2.84. The highest BCUT2D eigenvalue weighted by Crippen LogP contribution is 2.21. The first-order valence-electron chi connectivity index (χ1n) is 7.89. The number of hydrogen-bond donors (Lipinski definition) is 1. The largest absolute Gasteiger partial charge is 0.339 e. The second-order valence-corrected chi connectivity index (χ2v) is 5.81. The van der Waals surface area contributed by atoms with E-state index in [2.05, 4.69) is 10.3 Å². The molecule has 0 radical (unpaired) electrons. The fourth-order valence-corrected chi connectivity index (χ4v) is 2.83. The van der Waals surface area contributed by atoms with Gasteiger partial charge in [0, 0.05) is 30.8 Å². The molecule has 2 aromatic rings. The fraction of sp³-hybridized carbons (Fsp3) is 0.278. The summed E-state index contributed by atoms with van der Waals surface area (Å²) in [4.78, 5) is 30.3. The summed E-state index contributed by atoms with van der Waals surface area (Å²) in [5.74, 6) is -0.810. The number of hydrogen-bond acceptors (Lipinski definition) is 3. The predicted molar refractivity (Wildman–Crippen MR) is 87.9 cm³/mol. The third-order valence-electron chi connectivity index (χ3n) is 4.15. The molecule has 24 heavy (non-hydrogen) atoms. The Labute approximate surface area is 139 Å². The van der Waals surface area contributed by atoms with E-state index in [1.165, 1.54) is 18.2 Å². The summed E-state index contributed by atoms with van der Waals surface area (Å²) in [6.45, 7) is 0.973. The Morgan fingerprint density at radius 3 is 2.62 bits per heavy atom. The molecule has 0 bridgehead atoms. The first-order valence-corrected chi connectivity index (χ1v) is 7.89. The Morgan fingerprint density at radius 1 is 1.17 bits per heavy atom. The SMILES string of the molecule is O=C(Nc1cccnc1)C1CCN(C(=O)c2cccc(F)c2)CC1. The third kappa shape index (κ3) is 3.76. The maximum absolute atomic E-state index is 13.2. The van der Waals surface area contributed by atoms with Gasteiger partial charge in [0.15, 0.2) is 0 Å². The number of rotatable bonds is 3. The van der Waals surface area contributed by atoms with Crippen molar-refractivity contribution in [2.75, 3.05) is 18.4 Å². The molecule has 1 aliphatic rings. The number of amides is 2. The van der Waals surface area contributed by atoms with E-state index in [9.17, 15) is 14.0 Å². The zero-order valence-electron chi connectivity index (χ0n) is 13.1. The van der Waals surface area contributed by atoms with Gasteiger partial charge in [-0.1, -0.05) is 6.07 Å². The average molecular weight is 327 g/mol. The number of nitrogens with zero attached hydrogens (tertiary/aromatic N) is 2. The lowest BCUT2D eigenvalue weighted by atomic mass is 9.95. The van der Waals surface area contributed by atoms with Gasteiger partial charge in [0.2, 0.25) is 5.91 Å². The monoisotopic (exact) mass is 327 g/mol. The lowest BCUT2D eigenvalue weighted by molar-refractivity contribution is -0.121. The molecule has 6 heteroatoms. The van der Waals surface area contributed by atoms with Gasteiger partial charge >= 0.3 is 0 Å². The van der Waals surface area contributed by atoms with E-state index in [0.717, 1.165) is 0 Å². The van der Waals surface area contributed by atoms with E-state index in [1.54, 1.807) is 35.5 Å². The van der Waals surface area contributed by atoms with Crippen molar-refractivity contribution in [3.63, 3.8) is 0 Å². The Hall–Kier alpha value is -2.76. The molecule has 3 rings (SSSR count).